The topological polar surface area (TPSA) is 212 Å². The lowest BCUT2D eigenvalue weighted by Crippen LogP contribution is -2.55. The molecule has 162 valence electrons. The second-order valence-electron chi connectivity index (χ2n) is 6.97. The van der Waals surface area contributed by atoms with E-state index in [1.165, 1.54) is 0 Å². The zero-order valence-corrected chi connectivity index (χ0v) is 16.7. The number of carboxylic acids is 1. The minimum atomic E-state index is -1.13. The SMILES string of the molecule is CC(C)[C@H](NC(=O)[C@@H](CCCCN)NC(=O)[C@@H](N)CCCN=C(N)N)C(=O)O. The highest BCUT2D eigenvalue weighted by molar-refractivity contribution is 5.91. The van der Waals surface area contributed by atoms with Crippen LogP contribution in [-0.2, 0) is 14.4 Å². The zero-order chi connectivity index (χ0) is 21.7. The summed E-state index contributed by atoms with van der Waals surface area (Å²) in [6.07, 6.45) is 2.46. The molecule has 0 fully saturated rings. The molecule has 0 saturated carbocycles. The summed E-state index contributed by atoms with van der Waals surface area (Å²) in [5.74, 6) is -2.52. The Morgan fingerprint density at radius 2 is 1.64 bits per heavy atom. The van der Waals surface area contributed by atoms with Crippen molar-refractivity contribution in [2.75, 3.05) is 13.1 Å². The Kier molecular flexibility index (Phi) is 12.5. The molecule has 0 aromatic carbocycles. The highest BCUT2D eigenvalue weighted by Gasteiger charge is 2.29. The van der Waals surface area contributed by atoms with E-state index in [2.05, 4.69) is 15.6 Å². The molecule has 0 spiro atoms. The van der Waals surface area contributed by atoms with Crippen LogP contribution in [0.5, 0.6) is 0 Å². The van der Waals surface area contributed by atoms with Crippen molar-refractivity contribution in [3.8, 4) is 0 Å². The van der Waals surface area contributed by atoms with Crippen LogP contribution in [0, 0.1) is 5.92 Å². The summed E-state index contributed by atoms with van der Waals surface area (Å²) in [6, 6.07) is -2.77. The Bertz CT molecular complexity index is 536. The monoisotopic (exact) mass is 401 g/mol. The van der Waals surface area contributed by atoms with Gasteiger partial charge in [-0.15, -0.1) is 0 Å². The summed E-state index contributed by atoms with van der Waals surface area (Å²) in [7, 11) is 0. The van der Waals surface area contributed by atoms with Gasteiger partial charge in [-0.1, -0.05) is 13.8 Å². The van der Waals surface area contributed by atoms with E-state index in [9.17, 15) is 19.5 Å². The summed E-state index contributed by atoms with van der Waals surface area (Å²) in [5.41, 5.74) is 21.8. The van der Waals surface area contributed by atoms with Crippen molar-refractivity contribution in [1.82, 2.24) is 10.6 Å². The Morgan fingerprint density at radius 1 is 1.00 bits per heavy atom. The van der Waals surface area contributed by atoms with Crippen LogP contribution in [0.4, 0.5) is 0 Å². The maximum Gasteiger partial charge on any atom is 0.326 e. The van der Waals surface area contributed by atoms with Gasteiger partial charge in [0.05, 0.1) is 6.04 Å². The molecule has 11 nitrogen and oxygen atoms in total. The van der Waals surface area contributed by atoms with Crippen LogP contribution in [0.15, 0.2) is 4.99 Å². The Morgan fingerprint density at radius 3 is 2.14 bits per heavy atom. The van der Waals surface area contributed by atoms with Gasteiger partial charge in [-0.2, -0.15) is 0 Å². The smallest absolute Gasteiger partial charge is 0.326 e. The van der Waals surface area contributed by atoms with E-state index in [0.717, 1.165) is 0 Å². The third-order valence-corrected chi connectivity index (χ3v) is 4.11. The number of carboxylic acid groups (broad SMARTS) is 1. The van der Waals surface area contributed by atoms with Gasteiger partial charge in [0.15, 0.2) is 5.96 Å². The first-order valence-corrected chi connectivity index (χ1v) is 9.44. The van der Waals surface area contributed by atoms with Gasteiger partial charge in [-0.3, -0.25) is 14.6 Å². The van der Waals surface area contributed by atoms with Gasteiger partial charge >= 0.3 is 5.97 Å². The molecule has 11 heteroatoms. The maximum absolute atomic E-state index is 12.5. The van der Waals surface area contributed by atoms with Crippen molar-refractivity contribution in [3.63, 3.8) is 0 Å². The maximum atomic E-state index is 12.5. The van der Waals surface area contributed by atoms with Gasteiger partial charge in [0.25, 0.3) is 0 Å². The lowest BCUT2D eigenvalue weighted by molar-refractivity contribution is -0.143. The number of nitrogens with zero attached hydrogens (tertiary/aromatic N) is 1. The second kappa shape index (κ2) is 13.7. The molecule has 0 aliphatic rings. The van der Waals surface area contributed by atoms with Crippen molar-refractivity contribution in [1.29, 1.82) is 0 Å². The van der Waals surface area contributed by atoms with Crippen LogP contribution in [-0.4, -0.2) is 60.1 Å². The fourth-order valence-electron chi connectivity index (χ4n) is 2.46. The molecule has 3 atom stereocenters. The van der Waals surface area contributed by atoms with Gasteiger partial charge in [0.2, 0.25) is 11.8 Å². The predicted octanol–water partition coefficient (Wildman–Crippen LogP) is -1.79. The Hall–Kier alpha value is -2.40. The normalized spacial score (nSPS) is 14.0. The quantitative estimate of drug-likeness (QED) is 0.0999. The van der Waals surface area contributed by atoms with E-state index in [1.54, 1.807) is 13.8 Å². The molecule has 0 bridgehead atoms. The molecular formula is C17H35N7O4. The number of hydrogen-bond acceptors (Lipinski definition) is 6. The molecule has 0 unspecified atom stereocenters. The van der Waals surface area contributed by atoms with Crippen LogP contribution < -0.4 is 33.6 Å². The third-order valence-electron chi connectivity index (χ3n) is 4.11. The molecule has 0 radical (unpaired) electrons. The molecule has 0 rings (SSSR count). The van der Waals surface area contributed by atoms with Crippen molar-refractivity contribution in [3.05, 3.63) is 0 Å². The average Bonchev–Trinajstić information content (AvgIpc) is 2.61. The van der Waals surface area contributed by atoms with Gasteiger partial charge in [-0.25, -0.2) is 4.79 Å². The molecule has 0 aromatic heterocycles. The number of amides is 2. The molecule has 0 aromatic rings. The number of aliphatic carboxylic acids is 1. The minimum absolute atomic E-state index is 0.0344. The van der Waals surface area contributed by atoms with Crippen molar-refractivity contribution in [2.24, 2.45) is 33.8 Å². The Balaban J connectivity index is 4.88. The first-order valence-electron chi connectivity index (χ1n) is 9.44. The molecule has 0 heterocycles. The summed E-state index contributed by atoms with van der Waals surface area (Å²) in [4.78, 5) is 40.0. The first-order chi connectivity index (χ1) is 13.1. The highest BCUT2D eigenvalue weighted by Crippen LogP contribution is 2.06. The lowest BCUT2D eigenvalue weighted by atomic mass is 10.0. The van der Waals surface area contributed by atoms with Crippen molar-refractivity contribution in [2.45, 2.75) is 64.1 Å². The zero-order valence-electron chi connectivity index (χ0n) is 16.7. The number of nitrogens with two attached hydrogens (primary N) is 4. The van der Waals surface area contributed by atoms with E-state index < -0.39 is 35.9 Å². The van der Waals surface area contributed by atoms with Crippen LogP contribution >= 0.6 is 0 Å². The number of unbranched alkanes of at least 4 members (excludes halogenated alkanes) is 1. The summed E-state index contributed by atoms with van der Waals surface area (Å²) < 4.78 is 0. The van der Waals surface area contributed by atoms with Gasteiger partial charge < -0.3 is 38.7 Å². The fourth-order valence-corrected chi connectivity index (χ4v) is 2.46. The molecule has 28 heavy (non-hydrogen) atoms. The summed E-state index contributed by atoms with van der Waals surface area (Å²) >= 11 is 0. The molecule has 0 aliphatic heterocycles. The molecule has 11 N–H and O–H groups in total. The highest BCUT2D eigenvalue weighted by atomic mass is 16.4. The average molecular weight is 402 g/mol. The van der Waals surface area contributed by atoms with E-state index in [-0.39, 0.29) is 11.9 Å². The van der Waals surface area contributed by atoms with E-state index in [4.69, 9.17) is 22.9 Å². The van der Waals surface area contributed by atoms with Crippen LogP contribution in [0.25, 0.3) is 0 Å². The van der Waals surface area contributed by atoms with Crippen LogP contribution in [0.2, 0.25) is 0 Å². The predicted molar refractivity (Wildman–Crippen MR) is 107 cm³/mol. The molecule has 0 aliphatic carbocycles. The van der Waals surface area contributed by atoms with Crippen molar-refractivity contribution >= 4 is 23.7 Å². The van der Waals surface area contributed by atoms with Crippen LogP contribution in [0.3, 0.4) is 0 Å². The first kappa shape index (κ1) is 25.6. The number of carbonyl (C=O) groups is 3. The minimum Gasteiger partial charge on any atom is -0.480 e. The largest absolute Gasteiger partial charge is 0.480 e. The van der Waals surface area contributed by atoms with E-state index >= 15 is 0 Å². The van der Waals surface area contributed by atoms with Gasteiger partial charge in [-0.05, 0) is 44.6 Å². The number of guanidine groups is 1. The number of nitrogens with one attached hydrogen (secondary N) is 2. The standard InChI is InChI=1S/C17H35N7O4/c1-10(2)13(16(27)28)24-15(26)12(7-3-4-8-18)23-14(25)11(19)6-5-9-22-17(20)21/h10-13H,3-9,18-19H2,1-2H3,(H,23,25)(H,24,26)(H,27,28)(H4,20,21,22)/t11-,12+,13-/m0/s1. The molecule has 0 saturated heterocycles. The van der Waals surface area contributed by atoms with Crippen molar-refractivity contribution < 1.29 is 19.5 Å². The second-order valence-corrected chi connectivity index (χ2v) is 6.97. The molecule has 2 amide bonds. The molecular weight excluding hydrogens is 366 g/mol. The lowest BCUT2D eigenvalue weighted by Gasteiger charge is -2.24. The number of aliphatic imine (C=N–C) groups is 1. The summed E-state index contributed by atoms with van der Waals surface area (Å²) in [5, 5.41) is 14.3. The van der Waals surface area contributed by atoms with Crippen LogP contribution in [0.1, 0.15) is 46.0 Å². The number of carbonyl (C=O) groups excluding carboxylic acids is 2. The third kappa shape index (κ3) is 10.7. The van der Waals surface area contributed by atoms with Gasteiger partial charge in [0, 0.05) is 6.54 Å². The summed E-state index contributed by atoms with van der Waals surface area (Å²) in [6.45, 7) is 4.18. The fraction of sp³-hybridized carbons (Fsp3) is 0.765. The van der Waals surface area contributed by atoms with Gasteiger partial charge in [0.1, 0.15) is 12.1 Å². The van der Waals surface area contributed by atoms with E-state index in [1.807, 2.05) is 0 Å². The van der Waals surface area contributed by atoms with E-state index in [0.29, 0.717) is 45.2 Å². The number of hydrogen-bond donors (Lipinski definition) is 7. The number of rotatable bonds is 14. The Labute approximate surface area is 165 Å².